The summed E-state index contributed by atoms with van der Waals surface area (Å²) in [7, 11) is 1.48. The van der Waals surface area contributed by atoms with Crippen LogP contribution in [0.1, 0.15) is 6.42 Å². The molecule has 1 aliphatic heterocycles. The maximum Gasteiger partial charge on any atom is 0.250 e. The summed E-state index contributed by atoms with van der Waals surface area (Å²) in [5.41, 5.74) is 24.3. The van der Waals surface area contributed by atoms with Gasteiger partial charge in [-0.3, -0.25) is 4.79 Å². The van der Waals surface area contributed by atoms with Crippen LogP contribution in [0.25, 0.3) is 0 Å². The average molecular weight is 486 g/mol. The van der Waals surface area contributed by atoms with Crippen LogP contribution < -0.4 is 33.0 Å². The van der Waals surface area contributed by atoms with Gasteiger partial charge in [0.25, 0.3) is 0 Å². The van der Waals surface area contributed by atoms with E-state index >= 15 is 0 Å². The number of nitrogens with two attached hydrogens (primary N) is 4. The Kier molecular flexibility index (Phi) is 9.17. The first-order valence-corrected chi connectivity index (χ1v) is 11.0. The fourth-order valence-electron chi connectivity index (χ4n) is 4.17. The fraction of sp³-hybridized carbons (Fsp3) is 0.667. The van der Waals surface area contributed by atoms with Gasteiger partial charge >= 0.3 is 0 Å². The first-order valence-electron chi connectivity index (χ1n) is 11.0. The molecule has 0 spiro atoms. The lowest BCUT2D eigenvalue weighted by Crippen LogP contribution is -2.67. The van der Waals surface area contributed by atoms with Crippen molar-refractivity contribution in [2.24, 2.45) is 22.9 Å². The molecule has 10 atom stereocenters. The minimum atomic E-state index is -1.36. The van der Waals surface area contributed by atoms with Crippen LogP contribution in [0.2, 0.25) is 0 Å². The predicted molar refractivity (Wildman–Crippen MR) is 121 cm³/mol. The Bertz CT molecular complexity index is 817. The van der Waals surface area contributed by atoms with E-state index in [-0.39, 0.29) is 13.0 Å². The van der Waals surface area contributed by atoms with Crippen LogP contribution in [0, 0.1) is 0 Å². The Hall–Kier alpha value is -1.91. The Morgan fingerprint density at radius 3 is 2.47 bits per heavy atom. The molecule has 1 amide bonds. The molecule has 13 heteroatoms. The number of amides is 1. The molecule has 3 rings (SSSR count). The number of para-hydroxylation sites is 2. The van der Waals surface area contributed by atoms with Gasteiger partial charge in [-0.1, -0.05) is 12.1 Å². The van der Waals surface area contributed by atoms with Crippen molar-refractivity contribution >= 4 is 11.6 Å². The van der Waals surface area contributed by atoms with Gasteiger partial charge < -0.3 is 62.5 Å². The molecule has 1 saturated carbocycles. The third-order valence-corrected chi connectivity index (χ3v) is 6.13. The van der Waals surface area contributed by atoms with E-state index in [0.717, 1.165) is 0 Å². The van der Waals surface area contributed by atoms with Crippen LogP contribution in [0.15, 0.2) is 24.3 Å². The van der Waals surface area contributed by atoms with Crippen LogP contribution in [-0.2, 0) is 19.0 Å². The highest BCUT2D eigenvalue weighted by atomic mass is 16.7. The highest BCUT2D eigenvalue weighted by Crippen LogP contribution is 2.29. The predicted octanol–water partition coefficient (Wildman–Crippen LogP) is -3.44. The summed E-state index contributed by atoms with van der Waals surface area (Å²) in [6.07, 6.45) is -7.84. The number of aliphatic hydroxyl groups is 3. The van der Waals surface area contributed by atoms with Crippen molar-refractivity contribution in [2.75, 3.05) is 25.6 Å². The van der Waals surface area contributed by atoms with Crippen LogP contribution >= 0.6 is 0 Å². The largest absolute Gasteiger partial charge is 0.495 e. The smallest absolute Gasteiger partial charge is 0.250 e. The number of carbonyl (C=O) groups excluding carboxylic acids is 1. The zero-order valence-corrected chi connectivity index (χ0v) is 18.9. The number of anilines is 1. The highest BCUT2D eigenvalue weighted by molar-refractivity contribution is 5.93. The zero-order chi connectivity index (χ0) is 25.0. The van der Waals surface area contributed by atoms with Gasteiger partial charge in [0.1, 0.15) is 42.9 Å². The van der Waals surface area contributed by atoms with Crippen molar-refractivity contribution in [2.45, 2.75) is 67.5 Å². The summed E-state index contributed by atoms with van der Waals surface area (Å²) >= 11 is 0. The van der Waals surface area contributed by atoms with E-state index in [4.69, 9.17) is 41.9 Å². The van der Waals surface area contributed by atoms with Gasteiger partial charge in [0, 0.05) is 18.6 Å². The summed E-state index contributed by atoms with van der Waals surface area (Å²) in [5.74, 6) is -0.0343. The molecule has 0 aromatic heterocycles. The highest BCUT2D eigenvalue weighted by Gasteiger charge is 2.48. The van der Waals surface area contributed by atoms with Crippen molar-refractivity contribution in [3.05, 3.63) is 24.3 Å². The molecule has 1 aromatic carbocycles. The maximum absolute atomic E-state index is 12.5. The van der Waals surface area contributed by atoms with E-state index in [1.807, 2.05) is 0 Å². The molecule has 34 heavy (non-hydrogen) atoms. The van der Waals surface area contributed by atoms with Crippen LogP contribution in [0.3, 0.4) is 0 Å². The van der Waals surface area contributed by atoms with E-state index in [0.29, 0.717) is 11.4 Å². The molecule has 2 aliphatic rings. The average Bonchev–Trinajstić information content (AvgIpc) is 2.82. The first kappa shape index (κ1) is 26.7. The Labute approximate surface area is 197 Å². The SMILES string of the molecule is COc1ccccc1NC(=O)CO[C@@H]1[C@@H](O)[C@H](N)C[C@H](N)[C@H]1O[C@H]1O[C@H](CN)[C@@H](O)[C@H](O)[C@H]1N. The van der Waals surface area contributed by atoms with Crippen molar-refractivity contribution < 1.29 is 39.1 Å². The molecule has 0 unspecified atom stereocenters. The number of methoxy groups -OCH3 is 1. The normalized spacial score (nSPS) is 38.4. The Balaban J connectivity index is 1.69. The van der Waals surface area contributed by atoms with Crippen molar-refractivity contribution in [3.63, 3.8) is 0 Å². The fourth-order valence-corrected chi connectivity index (χ4v) is 4.17. The standard InChI is InChI=1S/C21H35N5O8/c1-31-12-5-3-2-4-11(12)26-14(27)8-32-20-16(28)9(23)6-10(24)19(20)34-21-15(25)18(30)17(29)13(7-22)33-21/h2-5,9-10,13,15-21,28-30H,6-8,22-25H2,1H3,(H,26,27)/t9-,10+,13-,15-,16+,17-,18-,19-,20-,21-/m1/s1. The number of ether oxygens (including phenoxy) is 4. The van der Waals surface area contributed by atoms with Gasteiger partial charge in [0.15, 0.2) is 6.29 Å². The number of rotatable bonds is 8. The van der Waals surface area contributed by atoms with E-state index in [1.54, 1.807) is 24.3 Å². The second-order valence-corrected chi connectivity index (χ2v) is 8.52. The summed E-state index contributed by atoms with van der Waals surface area (Å²) < 4.78 is 22.5. The molecule has 1 aromatic rings. The molecular weight excluding hydrogens is 450 g/mol. The summed E-state index contributed by atoms with van der Waals surface area (Å²) in [6, 6.07) is 4.32. The van der Waals surface area contributed by atoms with Crippen LogP contribution in [0.4, 0.5) is 5.69 Å². The van der Waals surface area contributed by atoms with E-state index in [2.05, 4.69) is 5.32 Å². The van der Waals surface area contributed by atoms with E-state index in [1.165, 1.54) is 7.11 Å². The van der Waals surface area contributed by atoms with Gasteiger partial charge in [-0.2, -0.15) is 0 Å². The molecule has 0 radical (unpaired) electrons. The number of benzene rings is 1. The molecule has 2 fully saturated rings. The second kappa shape index (κ2) is 11.7. The lowest BCUT2D eigenvalue weighted by molar-refractivity contribution is -0.290. The van der Waals surface area contributed by atoms with Crippen molar-refractivity contribution in [1.82, 2.24) is 0 Å². The number of aliphatic hydroxyl groups excluding tert-OH is 3. The first-order chi connectivity index (χ1) is 16.2. The van der Waals surface area contributed by atoms with E-state index in [9.17, 15) is 20.1 Å². The number of carbonyl (C=O) groups is 1. The van der Waals surface area contributed by atoms with Gasteiger partial charge in [-0.15, -0.1) is 0 Å². The lowest BCUT2D eigenvalue weighted by atomic mass is 9.84. The monoisotopic (exact) mass is 485 g/mol. The molecule has 13 nitrogen and oxygen atoms in total. The van der Waals surface area contributed by atoms with Crippen molar-refractivity contribution in [1.29, 1.82) is 0 Å². The molecule has 12 N–H and O–H groups in total. The van der Waals surface area contributed by atoms with Gasteiger partial charge in [0.2, 0.25) is 5.91 Å². The summed E-state index contributed by atoms with van der Waals surface area (Å²) in [5, 5.41) is 33.7. The van der Waals surface area contributed by atoms with Gasteiger partial charge in [-0.25, -0.2) is 0 Å². The molecule has 192 valence electrons. The van der Waals surface area contributed by atoms with Crippen molar-refractivity contribution in [3.8, 4) is 5.75 Å². The third-order valence-electron chi connectivity index (χ3n) is 6.13. The maximum atomic E-state index is 12.5. The zero-order valence-electron chi connectivity index (χ0n) is 18.9. The van der Waals surface area contributed by atoms with Gasteiger partial charge in [0.05, 0.1) is 24.9 Å². The molecule has 1 aliphatic carbocycles. The minimum absolute atomic E-state index is 0.0852. The quantitative estimate of drug-likeness (QED) is 0.180. The van der Waals surface area contributed by atoms with Crippen LogP contribution in [-0.4, -0.2) is 103 Å². The Morgan fingerprint density at radius 2 is 1.79 bits per heavy atom. The minimum Gasteiger partial charge on any atom is -0.495 e. The topological polar surface area (TPSA) is 231 Å². The van der Waals surface area contributed by atoms with E-state index < -0.39 is 73.6 Å². The lowest BCUT2D eigenvalue weighted by Gasteiger charge is -2.46. The molecule has 1 heterocycles. The number of hydrogen-bond acceptors (Lipinski definition) is 12. The number of hydrogen-bond donors (Lipinski definition) is 8. The van der Waals surface area contributed by atoms with Crippen LogP contribution in [0.5, 0.6) is 5.75 Å². The summed E-state index contributed by atoms with van der Waals surface area (Å²) in [4.78, 5) is 12.5. The molecule has 0 bridgehead atoms. The number of nitrogens with one attached hydrogen (secondary N) is 1. The molecule has 1 saturated heterocycles. The third kappa shape index (κ3) is 5.83. The molecular formula is C21H35N5O8. The Morgan fingerprint density at radius 1 is 1.09 bits per heavy atom. The van der Waals surface area contributed by atoms with Gasteiger partial charge in [-0.05, 0) is 18.6 Å². The second-order valence-electron chi connectivity index (χ2n) is 8.52. The summed E-state index contributed by atoms with van der Waals surface area (Å²) in [6.45, 7) is -0.526.